The Kier molecular flexibility index (Phi) is 5.71. The molecule has 1 heterocycles. The second-order valence-corrected chi connectivity index (χ2v) is 6.92. The average Bonchev–Trinajstić information content (AvgIpc) is 3.10. The standard InChI is InChI=1S/C21H27N3O/c1-22(17-21(25)23(2)19-9-5-3-6-10-19)15-18-13-14-24(16-18)20-11-7-4-8-12-20/h3-12,18H,13-17H2,1-2H3. The van der Waals surface area contributed by atoms with E-state index >= 15 is 0 Å². The number of benzene rings is 2. The lowest BCUT2D eigenvalue weighted by Gasteiger charge is -2.24. The molecule has 0 aromatic heterocycles. The van der Waals surface area contributed by atoms with Crippen LogP contribution in [0.15, 0.2) is 60.7 Å². The van der Waals surface area contributed by atoms with Gasteiger partial charge in [-0.05, 0) is 43.7 Å². The lowest BCUT2D eigenvalue weighted by Crippen LogP contribution is -2.39. The number of nitrogens with zero attached hydrogens (tertiary/aromatic N) is 3. The minimum absolute atomic E-state index is 0.131. The van der Waals surface area contributed by atoms with Crippen molar-refractivity contribution in [2.45, 2.75) is 6.42 Å². The first-order chi connectivity index (χ1) is 12.1. The molecule has 1 aliphatic heterocycles. The van der Waals surface area contributed by atoms with Gasteiger partial charge in [-0.2, -0.15) is 0 Å². The van der Waals surface area contributed by atoms with Gasteiger partial charge in [0.25, 0.3) is 0 Å². The van der Waals surface area contributed by atoms with Crippen LogP contribution in [0.25, 0.3) is 0 Å². The first-order valence-corrected chi connectivity index (χ1v) is 8.93. The highest BCUT2D eigenvalue weighted by atomic mass is 16.2. The van der Waals surface area contributed by atoms with Crippen LogP contribution < -0.4 is 9.80 Å². The van der Waals surface area contributed by atoms with E-state index in [1.54, 1.807) is 4.90 Å². The van der Waals surface area contributed by atoms with Crippen LogP contribution in [-0.2, 0) is 4.79 Å². The molecular formula is C21H27N3O. The van der Waals surface area contributed by atoms with E-state index in [0.717, 1.165) is 25.3 Å². The minimum Gasteiger partial charge on any atom is -0.371 e. The predicted molar refractivity (Wildman–Crippen MR) is 104 cm³/mol. The molecule has 0 radical (unpaired) electrons. The summed E-state index contributed by atoms with van der Waals surface area (Å²) in [6, 6.07) is 20.4. The van der Waals surface area contributed by atoms with Gasteiger partial charge in [-0.3, -0.25) is 9.69 Å². The van der Waals surface area contributed by atoms with Crippen LogP contribution in [0.5, 0.6) is 0 Å². The summed E-state index contributed by atoms with van der Waals surface area (Å²) in [6.45, 7) is 3.57. The molecule has 4 heteroatoms. The fourth-order valence-electron chi connectivity index (χ4n) is 3.49. The smallest absolute Gasteiger partial charge is 0.240 e. The van der Waals surface area contributed by atoms with E-state index in [1.807, 2.05) is 44.4 Å². The lowest BCUT2D eigenvalue weighted by molar-refractivity contribution is -0.119. The summed E-state index contributed by atoms with van der Waals surface area (Å²) in [5.74, 6) is 0.742. The van der Waals surface area contributed by atoms with E-state index in [-0.39, 0.29) is 5.91 Å². The Morgan fingerprint density at radius 1 is 1.04 bits per heavy atom. The van der Waals surface area contributed by atoms with Gasteiger partial charge in [0, 0.05) is 38.1 Å². The van der Waals surface area contributed by atoms with Crippen LogP contribution in [0.4, 0.5) is 11.4 Å². The molecule has 1 aliphatic rings. The van der Waals surface area contributed by atoms with Gasteiger partial charge in [-0.15, -0.1) is 0 Å². The first kappa shape index (κ1) is 17.5. The summed E-state index contributed by atoms with van der Waals surface area (Å²) < 4.78 is 0. The fourth-order valence-corrected chi connectivity index (χ4v) is 3.49. The highest BCUT2D eigenvalue weighted by molar-refractivity contribution is 5.94. The summed E-state index contributed by atoms with van der Waals surface area (Å²) in [7, 11) is 3.89. The SMILES string of the molecule is CN(CC(=O)N(C)c1ccccc1)CC1CCN(c2ccccc2)C1. The fraction of sp³-hybridized carbons (Fsp3) is 0.381. The van der Waals surface area contributed by atoms with Crippen molar-refractivity contribution < 1.29 is 4.79 Å². The number of amides is 1. The Morgan fingerprint density at radius 3 is 2.36 bits per heavy atom. The van der Waals surface area contributed by atoms with Crippen LogP contribution >= 0.6 is 0 Å². The molecule has 4 nitrogen and oxygen atoms in total. The number of hydrogen-bond donors (Lipinski definition) is 0. The van der Waals surface area contributed by atoms with Crippen LogP contribution in [0.2, 0.25) is 0 Å². The van der Waals surface area contributed by atoms with Crippen molar-refractivity contribution in [2.75, 3.05) is 50.1 Å². The number of hydrogen-bond acceptors (Lipinski definition) is 3. The second-order valence-electron chi connectivity index (χ2n) is 6.92. The molecule has 1 amide bonds. The zero-order chi connectivity index (χ0) is 17.6. The third-order valence-electron chi connectivity index (χ3n) is 4.90. The van der Waals surface area contributed by atoms with Crippen molar-refractivity contribution in [1.82, 2.24) is 4.90 Å². The predicted octanol–water partition coefficient (Wildman–Crippen LogP) is 3.11. The van der Waals surface area contributed by atoms with E-state index in [0.29, 0.717) is 12.5 Å². The quantitative estimate of drug-likeness (QED) is 0.810. The maximum Gasteiger partial charge on any atom is 0.240 e. The Hall–Kier alpha value is -2.33. The van der Waals surface area contributed by atoms with Crippen molar-refractivity contribution in [2.24, 2.45) is 5.92 Å². The van der Waals surface area contributed by atoms with Crippen LogP contribution in [0, 0.1) is 5.92 Å². The molecule has 0 aliphatic carbocycles. The van der Waals surface area contributed by atoms with E-state index in [4.69, 9.17) is 0 Å². The molecule has 2 aromatic carbocycles. The number of rotatable bonds is 6. The van der Waals surface area contributed by atoms with Gasteiger partial charge in [0.05, 0.1) is 6.54 Å². The molecule has 132 valence electrons. The molecule has 0 spiro atoms. The molecule has 25 heavy (non-hydrogen) atoms. The molecule has 3 rings (SSSR count). The monoisotopic (exact) mass is 337 g/mol. The Morgan fingerprint density at radius 2 is 1.68 bits per heavy atom. The number of likely N-dealkylation sites (N-methyl/N-ethyl adjacent to an activating group) is 2. The largest absolute Gasteiger partial charge is 0.371 e. The summed E-state index contributed by atoms with van der Waals surface area (Å²) >= 11 is 0. The van der Waals surface area contributed by atoms with Crippen molar-refractivity contribution >= 4 is 17.3 Å². The van der Waals surface area contributed by atoms with Gasteiger partial charge in [-0.1, -0.05) is 36.4 Å². The van der Waals surface area contributed by atoms with Crippen molar-refractivity contribution in [1.29, 1.82) is 0 Å². The van der Waals surface area contributed by atoms with E-state index in [2.05, 4.69) is 40.1 Å². The average molecular weight is 337 g/mol. The van der Waals surface area contributed by atoms with E-state index in [1.165, 1.54) is 12.1 Å². The third-order valence-corrected chi connectivity index (χ3v) is 4.90. The Labute approximate surface area is 150 Å². The number of carbonyl (C=O) groups is 1. The first-order valence-electron chi connectivity index (χ1n) is 8.93. The summed E-state index contributed by atoms with van der Waals surface area (Å²) in [5, 5.41) is 0. The molecule has 1 unspecified atom stereocenters. The van der Waals surface area contributed by atoms with Crippen LogP contribution in [0.3, 0.4) is 0 Å². The molecule has 0 saturated carbocycles. The molecular weight excluding hydrogens is 310 g/mol. The zero-order valence-electron chi connectivity index (χ0n) is 15.1. The van der Waals surface area contributed by atoms with Gasteiger partial charge in [-0.25, -0.2) is 0 Å². The van der Waals surface area contributed by atoms with Gasteiger partial charge in [0.15, 0.2) is 0 Å². The van der Waals surface area contributed by atoms with E-state index < -0.39 is 0 Å². The zero-order valence-corrected chi connectivity index (χ0v) is 15.1. The van der Waals surface area contributed by atoms with Crippen molar-refractivity contribution in [3.05, 3.63) is 60.7 Å². The Bertz CT molecular complexity index is 674. The summed E-state index contributed by atoms with van der Waals surface area (Å²) in [5.41, 5.74) is 2.24. The maximum atomic E-state index is 12.5. The summed E-state index contributed by atoms with van der Waals surface area (Å²) in [6.07, 6.45) is 1.18. The van der Waals surface area contributed by atoms with E-state index in [9.17, 15) is 4.79 Å². The molecule has 1 atom stereocenters. The molecule has 1 saturated heterocycles. The lowest BCUT2D eigenvalue weighted by atomic mass is 10.1. The van der Waals surface area contributed by atoms with Gasteiger partial charge in [0.2, 0.25) is 5.91 Å². The topological polar surface area (TPSA) is 26.8 Å². The number of para-hydroxylation sites is 2. The molecule has 0 bridgehead atoms. The van der Waals surface area contributed by atoms with Crippen molar-refractivity contribution in [3.63, 3.8) is 0 Å². The van der Waals surface area contributed by atoms with Crippen LogP contribution in [0.1, 0.15) is 6.42 Å². The molecule has 1 fully saturated rings. The summed E-state index contributed by atoms with van der Waals surface area (Å²) in [4.78, 5) is 18.8. The highest BCUT2D eigenvalue weighted by Gasteiger charge is 2.24. The number of carbonyl (C=O) groups excluding carboxylic acids is 1. The van der Waals surface area contributed by atoms with Crippen LogP contribution in [-0.4, -0.2) is 51.1 Å². The normalized spacial score (nSPS) is 17.1. The maximum absolute atomic E-state index is 12.5. The molecule has 2 aromatic rings. The van der Waals surface area contributed by atoms with Gasteiger partial charge >= 0.3 is 0 Å². The minimum atomic E-state index is 0.131. The highest BCUT2D eigenvalue weighted by Crippen LogP contribution is 2.24. The molecule has 0 N–H and O–H groups in total. The van der Waals surface area contributed by atoms with Crippen molar-refractivity contribution in [3.8, 4) is 0 Å². The van der Waals surface area contributed by atoms with Gasteiger partial charge in [0.1, 0.15) is 0 Å². The Balaban J connectivity index is 1.48. The third kappa shape index (κ3) is 4.60. The second kappa shape index (κ2) is 8.17. The van der Waals surface area contributed by atoms with Gasteiger partial charge < -0.3 is 9.80 Å². The number of anilines is 2.